The first-order valence-corrected chi connectivity index (χ1v) is 4.63. The molecule has 0 aliphatic rings. The normalized spacial score (nSPS) is 11.4. The molecule has 0 radical (unpaired) electrons. The van der Waals surface area contributed by atoms with E-state index < -0.39 is 5.54 Å². The molecule has 15 heavy (non-hydrogen) atoms. The quantitative estimate of drug-likeness (QED) is 0.420. The van der Waals surface area contributed by atoms with Gasteiger partial charge in [-0.2, -0.15) is 0 Å². The Hall–Kier alpha value is -1.30. The molecule has 0 bridgehead atoms. The Kier molecular flexibility index (Phi) is 3.90. The van der Waals surface area contributed by atoms with Gasteiger partial charge in [-0.3, -0.25) is 0 Å². The molecule has 0 heterocycles. The lowest BCUT2D eigenvalue weighted by Gasteiger charge is -2.30. The third-order valence-corrected chi connectivity index (χ3v) is 2.27. The summed E-state index contributed by atoms with van der Waals surface area (Å²) >= 11 is 0. The van der Waals surface area contributed by atoms with Gasteiger partial charge in [-0.05, 0) is 12.1 Å². The molecule has 5 heteroatoms. The number of nitrogen functional groups attached to an aromatic ring is 1. The number of nitrogens with two attached hydrogens (primary N) is 1. The molecule has 0 amide bonds. The van der Waals surface area contributed by atoms with Gasteiger partial charge in [0.1, 0.15) is 5.54 Å². The first kappa shape index (κ1) is 11.8. The average molecular weight is 212 g/mol. The maximum Gasteiger partial charge on any atom is 0.107 e. The summed E-state index contributed by atoms with van der Waals surface area (Å²) in [6.45, 7) is -1.14. The fourth-order valence-electron chi connectivity index (χ4n) is 1.17. The van der Waals surface area contributed by atoms with Crippen molar-refractivity contribution < 1.29 is 15.3 Å². The lowest BCUT2D eigenvalue weighted by molar-refractivity contribution is 0.0834. The maximum absolute atomic E-state index is 9.11. The van der Waals surface area contributed by atoms with E-state index in [0.717, 1.165) is 0 Å². The Balaban J connectivity index is 2.88. The van der Waals surface area contributed by atoms with Crippen molar-refractivity contribution >= 4 is 11.4 Å². The van der Waals surface area contributed by atoms with Crippen molar-refractivity contribution in [3.8, 4) is 0 Å². The summed E-state index contributed by atoms with van der Waals surface area (Å²) in [4.78, 5) is 0. The van der Waals surface area contributed by atoms with Crippen LogP contribution in [0.2, 0.25) is 0 Å². The number of aliphatic hydroxyl groups excluding tert-OH is 3. The van der Waals surface area contributed by atoms with E-state index in [9.17, 15) is 0 Å². The standard InChI is InChI=1S/C10H16N2O3/c11-8-3-1-2-4-9(8)12-10(5-13,6-14)7-15/h1-4,12-15H,5-7,11H2. The van der Waals surface area contributed by atoms with Gasteiger partial charge >= 0.3 is 0 Å². The monoisotopic (exact) mass is 212 g/mol. The van der Waals surface area contributed by atoms with Crippen LogP contribution in [0, 0.1) is 0 Å². The van der Waals surface area contributed by atoms with Crippen molar-refractivity contribution in [1.29, 1.82) is 0 Å². The number of hydrogen-bond acceptors (Lipinski definition) is 5. The third kappa shape index (κ3) is 2.59. The van der Waals surface area contributed by atoms with E-state index in [-0.39, 0.29) is 19.8 Å². The Morgan fingerprint density at radius 2 is 1.60 bits per heavy atom. The average Bonchev–Trinajstić information content (AvgIpc) is 2.29. The van der Waals surface area contributed by atoms with Crippen LogP contribution in [0.15, 0.2) is 24.3 Å². The van der Waals surface area contributed by atoms with Crippen LogP contribution in [0.3, 0.4) is 0 Å². The minimum atomic E-state index is -1.14. The Morgan fingerprint density at radius 3 is 2.07 bits per heavy atom. The number of benzene rings is 1. The summed E-state index contributed by atoms with van der Waals surface area (Å²) in [7, 11) is 0. The molecule has 5 nitrogen and oxygen atoms in total. The molecule has 1 aromatic carbocycles. The highest BCUT2D eigenvalue weighted by Gasteiger charge is 2.28. The van der Waals surface area contributed by atoms with Crippen LogP contribution in [-0.4, -0.2) is 40.7 Å². The topological polar surface area (TPSA) is 98.7 Å². The predicted molar refractivity (Wildman–Crippen MR) is 58.5 cm³/mol. The van der Waals surface area contributed by atoms with Crippen LogP contribution in [0.4, 0.5) is 11.4 Å². The van der Waals surface area contributed by atoms with E-state index in [2.05, 4.69) is 5.32 Å². The molecule has 0 aliphatic heterocycles. The van der Waals surface area contributed by atoms with Crippen molar-refractivity contribution in [3.05, 3.63) is 24.3 Å². The molecule has 0 spiro atoms. The van der Waals surface area contributed by atoms with E-state index in [1.54, 1.807) is 24.3 Å². The van der Waals surface area contributed by atoms with Gasteiger partial charge in [0.15, 0.2) is 0 Å². The van der Waals surface area contributed by atoms with Crippen molar-refractivity contribution in [2.45, 2.75) is 5.54 Å². The smallest absolute Gasteiger partial charge is 0.107 e. The lowest BCUT2D eigenvalue weighted by Crippen LogP contribution is -2.49. The molecule has 0 saturated heterocycles. The van der Waals surface area contributed by atoms with E-state index in [0.29, 0.717) is 11.4 Å². The summed E-state index contributed by atoms with van der Waals surface area (Å²) in [5.41, 5.74) is 5.62. The highest BCUT2D eigenvalue weighted by Crippen LogP contribution is 2.21. The van der Waals surface area contributed by atoms with Crippen LogP contribution in [0.1, 0.15) is 0 Å². The van der Waals surface area contributed by atoms with Crippen molar-refractivity contribution in [2.75, 3.05) is 30.9 Å². The van der Waals surface area contributed by atoms with Gasteiger partial charge in [0.2, 0.25) is 0 Å². The van der Waals surface area contributed by atoms with Crippen molar-refractivity contribution in [3.63, 3.8) is 0 Å². The Morgan fingerprint density at radius 1 is 1.07 bits per heavy atom. The van der Waals surface area contributed by atoms with Crippen LogP contribution in [-0.2, 0) is 0 Å². The molecule has 0 atom stereocenters. The third-order valence-electron chi connectivity index (χ3n) is 2.27. The lowest BCUT2D eigenvalue weighted by atomic mass is 10.0. The van der Waals surface area contributed by atoms with Gasteiger partial charge in [0.05, 0.1) is 31.2 Å². The van der Waals surface area contributed by atoms with Gasteiger partial charge in [0.25, 0.3) is 0 Å². The van der Waals surface area contributed by atoms with E-state index in [1.807, 2.05) is 0 Å². The van der Waals surface area contributed by atoms with Gasteiger partial charge in [-0.1, -0.05) is 12.1 Å². The van der Waals surface area contributed by atoms with Crippen molar-refractivity contribution in [1.82, 2.24) is 0 Å². The predicted octanol–water partition coefficient (Wildman–Crippen LogP) is -0.604. The molecule has 0 unspecified atom stereocenters. The van der Waals surface area contributed by atoms with E-state index in [4.69, 9.17) is 21.1 Å². The van der Waals surface area contributed by atoms with E-state index in [1.165, 1.54) is 0 Å². The first-order valence-electron chi connectivity index (χ1n) is 4.63. The fraction of sp³-hybridized carbons (Fsp3) is 0.400. The second-order valence-corrected chi connectivity index (χ2v) is 3.47. The first-order chi connectivity index (χ1) is 7.17. The number of nitrogens with one attached hydrogen (secondary N) is 1. The Bertz CT molecular complexity index is 305. The minimum absolute atomic E-state index is 0.381. The zero-order chi connectivity index (χ0) is 11.3. The number of aliphatic hydroxyl groups is 3. The maximum atomic E-state index is 9.11. The van der Waals surface area contributed by atoms with Crippen molar-refractivity contribution in [2.24, 2.45) is 0 Å². The van der Waals surface area contributed by atoms with Gasteiger partial charge < -0.3 is 26.4 Å². The molecule has 0 saturated carbocycles. The van der Waals surface area contributed by atoms with Gasteiger partial charge in [0, 0.05) is 0 Å². The number of hydrogen-bond donors (Lipinski definition) is 5. The second-order valence-electron chi connectivity index (χ2n) is 3.47. The highest BCUT2D eigenvalue weighted by molar-refractivity contribution is 5.66. The van der Waals surface area contributed by atoms with Crippen LogP contribution < -0.4 is 11.1 Å². The number of para-hydroxylation sites is 2. The van der Waals surface area contributed by atoms with E-state index >= 15 is 0 Å². The summed E-state index contributed by atoms with van der Waals surface area (Å²) in [6, 6.07) is 6.96. The summed E-state index contributed by atoms with van der Waals surface area (Å²) < 4.78 is 0. The zero-order valence-corrected chi connectivity index (χ0v) is 8.35. The van der Waals surface area contributed by atoms with Crippen LogP contribution in [0.25, 0.3) is 0 Å². The zero-order valence-electron chi connectivity index (χ0n) is 8.35. The summed E-state index contributed by atoms with van der Waals surface area (Å²) in [6.07, 6.45) is 0. The molecule has 6 N–H and O–H groups in total. The van der Waals surface area contributed by atoms with Crippen LogP contribution in [0.5, 0.6) is 0 Å². The molecular formula is C10H16N2O3. The molecule has 84 valence electrons. The van der Waals surface area contributed by atoms with Gasteiger partial charge in [-0.15, -0.1) is 0 Å². The summed E-state index contributed by atoms with van der Waals surface area (Å²) in [5.74, 6) is 0. The second kappa shape index (κ2) is 4.97. The summed E-state index contributed by atoms with van der Waals surface area (Å²) in [5, 5.41) is 30.2. The molecule has 0 aliphatic carbocycles. The number of rotatable bonds is 5. The Labute approximate surface area is 88.2 Å². The highest BCUT2D eigenvalue weighted by atomic mass is 16.3. The van der Waals surface area contributed by atoms with Crippen LogP contribution >= 0.6 is 0 Å². The minimum Gasteiger partial charge on any atom is -0.397 e. The molecule has 1 rings (SSSR count). The SMILES string of the molecule is Nc1ccccc1NC(CO)(CO)CO. The molecule has 1 aromatic rings. The fourth-order valence-corrected chi connectivity index (χ4v) is 1.17. The number of anilines is 2. The van der Waals surface area contributed by atoms with Gasteiger partial charge in [-0.25, -0.2) is 0 Å². The molecular weight excluding hydrogens is 196 g/mol. The molecule has 0 aromatic heterocycles. The largest absolute Gasteiger partial charge is 0.397 e. The molecule has 0 fully saturated rings.